The van der Waals surface area contributed by atoms with Gasteiger partial charge in [-0.3, -0.25) is 0 Å². The second-order valence-electron chi connectivity index (χ2n) is 9.63. The van der Waals surface area contributed by atoms with Gasteiger partial charge in [0.05, 0.1) is 0 Å². The molecule has 1 heteroatoms. The molecule has 0 atom stereocenters. The Morgan fingerprint density at radius 1 is 0.618 bits per heavy atom. The molecule has 3 aliphatic carbocycles. The molecule has 0 N–H and O–H groups in total. The van der Waals surface area contributed by atoms with E-state index in [1.807, 2.05) is 3.21 Å². The van der Waals surface area contributed by atoms with Gasteiger partial charge in [0, 0.05) is 0 Å². The maximum absolute atomic E-state index is 2.59. The van der Waals surface area contributed by atoms with Crippen molar-refractivity contribution in [1.29, 1.82) is 0 Å². The minimum atomic E-state index is -2.02. The van der Waals surface area contributed by atoms with E-state index in [9.17, 15) is 0 Å². The van der Waals surface area contributed by atoms with Crippen LogP contribution in [0.4, 0.5) is 0 Å². The fraction of sp³-hybridized carbons (Fsp3) is 0.121. The van der Waals surface area contributed by atoms with Crippen LogP contribution in [0.5, 0.6) is 0 Å². The molecule has 0 aliphatic heterocycles. The summed E-state index contributed by atoms with van der Waals surface area (Å²) in [6, 6.07) is 34.0. The standard InChI is InChI=1S/C25H17.C5H5.C3H4.Zr/c1-3-7-18(8-4-1)20-11-13-22-15-23-14-12-21(17-25(23)24(22)16-20)19-9-5-2-6-10-19;1-2-4-5-3-1;1-2-3-1;/h1-13,16-17H,15H2;1-3H,4H2;1-2H2;. The average Bonchev–Trinajstić information content (AvgIpc) is 3.44. The van der Waals surface area contributed by atoms with Crippen LogP contribution in [0, 0.1) is 0 Å². The van der Waals surface area contributed by atoms with Crippen molar-refractivity contribution in [2.45, 2.75) is 25.7 Å². The van der Waals surface area contributed by atoms with E-state index in [2.05, 4.69) is 109 Å². The first-order valence-corrected chi connectivity index (χ1v) is 16.0. The number of allylic oxidation sites excluding steroid dienone is 4. The second kappa shape index (κ2) is 8.40. The molecule has 0 heterocycles. The molecule has 34 heavy (non-hydrogen) atoms. The molecule has 0 nitrogen and oxygen atoms in total. The predicted octanol–water partition coefficient (Wildman–Crippen LogP) is 7.65. The monoisotopic (exact) mass is 512 g/mol. The fourth-order valence-electron chi connectivity index (χ4n) is 5.64. The van der Waals surface area contributed by atoms with Gasteiger partial charge >= 0.3 is 210 Å². The van der Waals surface area contributed by atoms with Crippen molar-refractivity contribution in [3.8, 4) is 33.4 Å². The van der Waals surface area contributed by atoms with Crippen molar-refractivity contribution in [1.82, 2.24) is 0 Å². The summed E-state index contributed by atoms with van der Waals surface area (Å²) in [5, 5.41) is 0. The van der Waals surface area contributed by atoms with Crippen molar-refractivity contribution >= 4 is 6.48 Å². The third-order valence-electron chi connectivity index (χ3n) is 7.45. The van der Waals surface area contributed by atoms with Crippen molar-refractivity contribution in [2.24, 2.45) is 0 Å². The first-order valence-electron chi connectivity index (χ1n) is 12.3. The Labute approximate surface area is 209 Å². The van der Waals surface area contributed by atoms with Gasteiger partial charge < -0.3 is 0 Å². The first-order chi connectivity index (χ1) is 16.8. The van der Waals surface area contributed by atoms with Gasteiger partial charge in [0.2, 0.25) is 0 Å². The van der Waals surface area contributed by atoms with Crippen LogP contribution >= 0.6 is 0 Å². The Kier molecular flexibility index (Phi) is 5.06. The minimum absolute atomic E-state index is 1.09. The van der Waals surface area contributed by atoms with Crippen LogP contribution in [-0.2, 0) is 27.7 Å². The van der Waals surface area contributed by atoms with Gasteiger partial charge in [-0.05, 0) is 0 Å². The molecule has 0 unspecified atom stereocenters. The van der Waals surface area contributed by atoms with Crippen LogP contribution in [0.25, 0.3) is 33.4 Å². The quantitative estimate of drug-likeness (QED) is 0.232. The molecule has 4 aromatic rings. The second-order valence-corrected chi connectivity index (χ2v) is 16.1. The molecular weight excluding hydrogens is 488 g/mol. The van der Waals surface area contributed by atoms with Gasteiger partial charge in [-0.2, -0.15) is 0 Å². The first kappa shape index (κ1) is 20.5. The summed E-state index contributed by atoms with van der Waals surface area (Å²) in [5.74, 6) is 0. The number of hydrogen-bond donors (Lipinski definition) is 0. The Hall–Kier alpha value is -2.89. The summed E-state index contributed by atoms with van der Waals surface area (Å²) < 4.78 is 5.41. The summed E-state index contributed by atoms with van der Waals surface area (Å²) in [4.78, 5) is 0. The molecule has 0 saturated heterocycles. The maximum atomic E-state index is 2.59. The molecule has 0 radical (unpaired) electrons. The molecule has 7 rings (SSSR count). The molecule has 0 aromatic heterocycles. The van der Waals surface area contributed by atoms with E-state index in [1.165, 1.54) is 58.2 Å². The van der Waals surface area contributed by atoms with E-state index in [-0.39, 0.29) is 0 Å². The van der Waals surface area contributed by atoms with Gasteiger partial charge in [-0.15, -0.1) is 0 Å². The summed E-state index contributed by atoms with van der Waals surface area (Å²) in [6.07, 6.45) is 12.1. The molecule has 0 amide bonds. The summed E-state index contributed by atoms with van der Waals surface area (Å²) in [7, 11) is 0. The SMILES string of the molecule is C1=CC[C]([Zr](=[C]2CC2)[c]2cc(-c3ccccc3)cc3c2Cc2ccc(-c4ccccc4)cc2-3)=C1. The topological polar surface area (TPSA) is 0 Å². The van der Waals surface area contributed by atoms with E-state index in [1.54, 1.807) is 12.1 Å². The third kappa shape index (κ3) is 3.59. The molecular formula is C33H26Zr. The van der Waals surface area contributed by atoms with Crippen molar-refractivity contribution in [3.63, 3.8) is 0 Å². The molecule has 0 bridgehead atoms. The molecule has 3 aliphatic rings. The van der Waals surface area contributed by atoms with Gasteiger partial charge in [-0.1, -0.05) is 0 Å². The van der Waals surface area contributed by atoms with Gasteiger partial charge in [0.25, 0.3) is 0 Å². The van der Waals surface area contributed by atoms with E-state index in [0.29, 0.717) is 0 Å². The third-order valence-corrected chi connectivity index (χ3v) is 15.3. The van der Waals surface area contributed by atoms with Crippen LogP contribution < -0.4 is 3.27 Å². The zero-order valence-corrected chi connectivity index (χ0v) is 21.7. The number of hydrogen-bond acceptors (Lipinski definition) is 0. The van der Waals surface area contributed by atoms with E-state index in [0.717, 1.165) is 6.42 Å². The summed E-state index contributed by atoms with van der Waals surface area (Å²) >= 11 is -2.02. The predicted molar refractivity (Wildman–Crippen MR) is 141 cm³/mol. The average molecular weight is 514 g/mol. The molecule has 0 spiro atoms. The Balaban J connectivity index is 1.46. The Bertz CT molecular complexity index is 1510. The molecule has 1 saturated carbocycles. The van der Waals surface area contributed by atoms with Crippen LogP contribution in [0.1, 0.15) is 30.4 Å². The van der Waals surface area contributed by atoms with E-state index in [4.69, 9.17) is 0 Å². The zero-order chi connectivity index (χ0) is 22.5. The van der Waals surface area contributed by atoms with Crippen molar-refractivity contribution < 1.29 is 21.3 Å². The Morgan fingerprint density at radius 3 is 2.00 bits per heavy atom. The number of rotatable bonds is 4. The molecule has 1 fully saturated rings. The molecule has 162 valence electrons. The van der Waals surface area contributed by atoms with Gasteiger partial charge in [0.15, 0.2) is 0 Å². The van der Waals surface area contributed by atoms with Crippen molar-refractivity contribution in [2.75, 3.05) is 0 Å². The summed E-state index contributed by atoms with van der Waals surface area (Å²) in [6.45, 7) is 0. The van der Waals surface area contributed by atoms with Gasteiger partial charge in [-0.25, -0.2) is 0 Å². The van der Waals surface area contributed by atoms with E-state index < -0.39 is 21.3 Å². The molecule has 4 aromatic carbocycles. The normalized spacial score (nSPS) is 15.2. The van der Waals surface area contributed by atoms with Crippen LogP contribution in [0.2, 0.25) is 0 Å². The summed E-state index contributed by atoms with van der Waals surface area (Å²) in [5.41, 5.74) is 11.4. The zero-order valence-electron chi connectivity index (χ0n) is 19.2. The van der Waals surface area contributed by atoms with Crippen LogP contribution in [-0.4, -0.2) is 3.21 Å². The number of fused-ring (bicyclic) bond motifs is 3. The fourth-order valence-corrected chi connectivity index (χ4v) is 13.5. The van der Waals surface area contributed by atoms with E-state index >= 15 is 0 Å². The van der Waals surface area contributed by atoms with Crippen molar-refractivity contribution in [3.05, 3.63) is 124 Å². The number of benzene rings is 4. The Morgan fingerprint density at radius 2 is 1.32 bits per heavy atom. The van der Waals surface area contributed by atoms with Crippen LogP contribution in [0.3, 0.4) is 0 Å². The van der Waals surface area contributed by atoms with Gasteiger partial charge in [0.1, 0.15) is 0 Å². The van der Waals surface area contributed by atoms with Crippen LogP contribution in [0.15, 0.2) is 113 Å².